The van der Waals surface area contributed by atoms with E-state index in [1.165, 1.54) is 0 Å². The standard InChI is InChI=1S/C10H13NO3/c1-2-14-10(13)11-7-3-4-8(11)6-9(12)5-7/h3-4,7-8H,2,5-6H2,1H3. The molecule has 0 aliphatic carbocycles. The molecule has 0 aromatic carbocycles. The van der Waals surface area contributed by atoms with Gasteiger partial charge >= 0.3 is 6.09 Å². The van der Waals surface area contributed by atoms with Crippen molar-refractivity contribution in [2.45, 2.75) is 31.8 Å². The first-order valence-electron chi connectivity index (χ1n) is 4.87. The van der Waals surface area contributed by atoms with Gasteiger partial charge in [-0.25, -0.2) is 4.79 Å². The van der Waals surface area contributed by atoms with E-state index in [4.69, 9.17) is 4.74 Å². The predicted octanol–water partition coefficient (Wildman–Crippen LogP) is 1.11. The van der Waals surface area contributed by atoms with Gasteiger partial charge in [0.25, 0.3) is 0 Å². The second kappa shape index (κ2) is 3.44. The Bertz CT molecular complexity index is 280. The number of Topliss-reactive ketones (excluding diaryl/α,β-unsaturated/α-hetero) is 1. The molecule has 0 saturated carbocycles. The van der Waals surface area contributed by atoms with Gasteiger partial charge in [0, 0.05) is 12.8 Å². The largest absolute Gasteiger partial charge is 0.450 e. The van der Waals surface area contributed by atoms with Crippen molar-refractivity contribution in [1.29, 1.82) is 0 Å². The summed E-state index contributed by atoms with van der Waals surface area (Å²) in [6.45, 7) is 2.16. The van der Waals surface area contributed by atoms with E-state index in [-0.39, 0.29) is 24.0 Å². The van der Waals surface area contributed by atoms with Gasteiger partial charge in [-0.3, -0.25) is 9.69 Å². The quantitative estimate of drug-likeness (QED) is 0.589. The fraction of sp³-hybridized carbons (Fsp3) is 0.600. The number of fused-ring (bicyclic) bond motifs is 2. The van der Waals surface area contributed by atoms with Gasteiger partial charge in [0.15, 0.2) is 0 Å². The van der Waals surface area contributed by atoms with Crippen LogP contribution in [0.1, 0.15) is 19.8 Å². The smallest absolute Gasteiger partial charge is 0.410 e. The summed E-state index contributed by atoms with van der Waals surface area (Å²) in [5.74, 6) is 0.227. The predicted molar refractivity (Wildman–Crippen MR) is 49.8 cm³/mol. The Morgan fingerprint density at radius 1 is 1.50 bits per heavy atom. The van der Waals surface area contributed by atoms with Crippen LogP contribution in [0, 0.1) is 0 Å². The third kappa shape index (κ3) is 1.41. The number of carbonyl (C=O) groups is 2. The number of hydrogen-bond acceptors (Lipinski definition) is 3. The van der Waals surface area contributed by atoms with Crippen molar-refractivity contribution in [1.82, 2.24) is 4.90 Å². The molecule has 14 heavy (non-hydrogen) atoms. The Morgan fingerprint density at radius 3 is 2.57 bits per heavy atom. The lowest BCUT2D eigenvalue weighted by molar-refractivity contribution is -0.122. The van der Waals surface area contributed by atoms with Crippen LogP contribution in [-0.2, 0) is 9.53 Å². The van der Waals surface area contributed by atoms with E-state index in [9.17, 15) is 9.59 Å². The molecule has 2 unspecified atom stereocenters. The highest BCUT2D eigenvalue weighted by atomic mass is 16.6. The van der Waals surface area contributed by atoms with Gasteiger partial charge in [-0.05, 0) is 6.92 Å². The second-order valence-corrected chi connectivity index (χ2v) is 3.57. The lowest BCUT2D eigenvalue weighted by Crippen LogP contribution is -2.47. The van der Waals surface area contributed by atoms with E-state index >= 15 is 0 Å². The highest BCUT2D eigenvalue weighted by Crippen LogP contribution is 2.28. The number of ether oxygens (including phenoxy) is 1. The minimum Gasteiger partial charge on any atom is -0.450 e. The maximum atomic E-state index is 11.5. The average Bonchev–Trinajstić information content (AvgIpc) is 2.39. The lowest BCUT2D eigenvalue weighted by atomic mass is 10.0. The monoisotopic (exact) mass is 195 g/mol. The molecule has 0 N–H and O–H groups in total. The normalized spacial score (nSPS) is 29.5. The molecule has 1 fully saturated rings. The van der Waals surface area contributed by atoms with Gasteiger partial charge in [0.1, 0.15) is 5.78 Å². The lowest BCUT2D eigenvalue weighted by Gasteiger charge is -2.33. The van der Waals surface area contributed by atoms with E-state index in [0.717, 1.165) is 0 Å². The van der Waals surface area contributed by atoms with Gasteiger partial charge in [-0.15, -0.1) is 0 Å². The molecular formula is C10H13NO3. The first-order chi connectivity index (χ1) is 6.72. The molecule has 0 aromatic heterocycles. The van der Waals surface area contributed by atoms with Crippen molar-refractivity contribution in [3.8, 4) is 0 Å². The minimum atomic E-state index is -0.306. The fourth-order valence-electron chi connectivity index (χ4n) is 2.04. The number of hydrogen-bond donors (Lipinski definition) is 0. The van der Waals surface area contributed by atoms with Crippen LogP contribution in [-0.4, -0.2) is 35.5 Å². The van der Waals surface area contributed by atoms with Crippen molar-refractivity contribution in [2.24, 2.45) is 0 Å². The van der Waals surface area contributed by atoms with Crippen LogP contribution < -0.4 is 0 Å². The van der Waals surface area contributed by atoms with E-state index < -0.39 is 0 Å². The summed E-state index contributed by atoms with van der Waals surface area (Å²) in [6.07, 6.45) is 4.41. The van der Waals surface area contributed by atoms with E-state index in [1.807, 2.05) is 12.2 Å². The Kier molecular flexibility index (Phi) is 2.27. The van der Waals surface area contributed by atoms with Gasteiger partial charge in [-0.1, -0.05) is 12.2 Å². The molecule has 2 atom stereocenters. The third-order valence-electron chi connectivity index (χ3n) is 2.62. The number of ketones is 1. The summed E-state index contributed by atoms with van der Waals surface area (Å²) in [5.41, 5.74) is 0. The number of amides is 1. The molecule has 2 bridgehead atoms. The molecule has 0 spiro atoms. The molecule has 4 heteroatoms. The highest BCUT2D eigenvalue weighted by molar-refractivity contribution is 5.84. The molecular weight excluding hydrogens is 182 g/mol. The Morgan fingerprint density at radius 2 is 2.07 bits per heavy atom. The minimum absolute atomic E-state index is 0.0692. The van der Waals surface area contributed by atoms with Crippen molar-refractivity contribution in [3.63, 3.8) is 0 Å². The summed E-state index contributed by atoms with van der Waals surface area (Å²) in [6, 6.07) is -0.138. The summed E-state index contributed by atoms with van der Waals surface area (Å²) in [5, 5.41) is 0. The topological polar surface area (TPSA) is 46.6 Å². The van der Waals surface area contributed by atoms with Crippen LogP contribution in [0.3, 0.4) is 0 Å². The van der Waals surface area contributed by atoms with Crippen molar-refractivity contribution < 1.29 is 14.3 Å². The highest BCUT2D eigenvalue weighted by Gasteiger charge is 2.39. The Hall–Kier alpha value is -1.32. The average molecular weight is 195 g/mol. The van der Waals surface area contributed by atoms with Crippen LogP contribution in [0.2, 0.25) is 0 Å². The summed E-state index contributed by atoms with van der Waals surface area (Å²) in [7, 11) is 0. The molecule has 4 nitrogen and oxygen atoms in total. The van der Waals surface area contributed by atoms with Gasteiger partial charge < -0.3 is 4.74 Å². The summed E-state index contributed by atoms with van der Waals surface area (Å²) < 4.78 is 4.93. The van der Waals surface area contributed by atoms with Crippen molar-refractivity contribution >= 4 is 11.9 Å². The van der Waals surface area contributed by atoms with Gasteiger partial charge in [0.05, 0.1) is 18.7 Å². The molecule has 2 rings (SSSR count). The second-order valence-electron chi connectivity index (χ2n) is 3.57. The van der Waals surface area contributed by atoms with Gasteiger partial charge in [0.2, 0.25) is 0 Å². The van der Waals surface area contributed by atoms with Crippen LogP contribution in [0.15, 0.2) is 12.2 Å². The molecule has 1 saturated heterocycles. The van der Waals surface area contributed by atoms with Crippen molar-refractivity contribution in [2.75, 3.05) is 6.61 Å². The number of nitrogens with zero attached hydrogens (tertiary/aromatic N) is 1. The first-order valence-corrected chi connectivity index (χ1v) is 4.87. The van der Waals surface area contributed by atoms with E-state index in [2.05, 4.69) is 0 Å². The zero-order valence-electron chi connectivity index (χ0n) is 8.10. The SMILES string of the molecule is CCOC(=O)N1C2C=CC1CC(=O)C2. The first kappa shape index (κ1) is 9.24. The van der Waals surface area contributed by atoms with Crippen LogP contribution in [0.5, 0.6) is 0 Å². The molecule has 1 amide bonds. The van der Waals surface area contributed by atoms with Crippen LogP contribution in [0.25, 0.3) is 0 Å². The Balaban J connectivity index is 2.09. The summed E-state index contributed by atoms with van der Waals surface area (Å²) >= 11 is 0. The van der Waals surface area contributed by atoms with Crippen molar-refractivity contribution in [3.05, 3.63) is 12.2 Å². The molecule has 2 aliphatic rings. The van der Waals surface area contributed by atoms with Gasteiger partial charge in [-0.2, -0.15) is 0 Å². The zero-order chi connectivity index (χ0) is 10.1. The fourth-order valence-corrected chi connectivity index (χ4v) is 2.04. The molecule has 0 radical (unpaired) electrons. The van der Waals surface area contributed by atoms with E-state index in [0.29, 0.717) is 19.4 Å². The van der Waals surface area contributed by atoms with Crippen LogP contribution in [0.4, 0.5) is 4.79 Å². The number of rotatable bonds is 1. The number of piperidine rings is 1. The molecule has 0 aromatic rings. The maximum absolute atomic E-state index is 11.5. The zero-order valence-corrected chi connectivity index (χ0v) is 8.10. The maximum Gasteiger partial charge on any atom is 0.410 e. The Labute approximate surface area is 82.5 Å². The van der Waals surface area contributed by atoms with Crippen LogP contribution >= 0.6 is 0 Å². The summed E-state index contributed by atoms with van der Waals surface area (Å²) in [4.78, 5) is 24.4. The van der Waals surface area contributed by atoms with E-state index in [1.54, 1.807) is 11.8 Å². The third-order valence-corrected chi connectivity index (χ3v) is 2.62. The molecule has 2 heterocycles. The molecule has 2 aliphatic heterocycles. The molecule has 76 valence electrons. The number of carbonyl (C=O) groups excluding carboxylic acids is 2.